The van der Waals surface area contributed by atoms with Crippen molar-refractivity contribution in [3.63, 3.8) is 0 Å². The molecular formula is C17H19N5O. The number of benzene rings is 1. The normalized spacial score (nSPS) is 12.3. The highest BCUT2D eigenvalue weighted by molar-refractivity contribution is 5.94. The van der Waals surface area contributed by atoms with E-state index in [1.54, 1.807) is 0 Å². The van der Waals surface area contributed by atoms with Crippen LogP contribution in [0.4, 0.5) is 5.69 Å². The molecule has 2 aromatic heterocycles. The van der Waals surface area contributed by atoms with E-state index in [0.717, 1.165) is 11.3 Å². The number of carbonyl (C=O) groups excluding carboxylic acids is 1. The highest BCUT2D eigenvalue weighted by Crippen LogP contribution is 2.23. The Morgan fingerprint density at radius 1 is 1.22 bits per heavy atom. The van der Waals surface area contributed by atoms with Gasteiger partial charge in [-0.25, -0.2) is 4.98 Å². The summed E-state index contributed by atoms with van der Waals surface area (Å²) in [4.78, 5) is 16.8. The molecule has 2 N–H and O–H groups in total. The van der Waals surface area contributed by atoms with Gasteiger partial charge in [0.1, 0.15) is 12.4 Å². The summed E-state index contributed by atoms with van der Waals surface area (Å²) in [5, 5.41) is 9.66. The first-order valence-corrected chi connectivity index (χ1v) is 7.54. The van der Waals surface area contributed by atoms with E-state index < -0.39 is 0 Å². The summed E-state index contributed by atoms with van der Waals surface area (Å²) >= 11 is 0. The van der Waals surface area contributed by atoms with Crippen LogP contribution in [0.3, 0.4) is 0 Å². The second kappa shape index (κ2) is 6.48. The van der Waals surface area contributed by atoms with E-state index in [2.05, 4.69) is 20.5 Å². The highest BCUT2D eigenvalue weighted by atomic mass is 16.2. The molecule has 0 bridgehead atoms. The van der Waals surface area contributed by atoms with Gasteiger partial charge in [0, 0.05) is 23.6 Å². The summed E-state index contributed by atoms with van der Waals surface area (Å²) < 4.78 is 1.93. The van der Waals surface area contributed by atoms with Gasteiger partial charge in [-0.05, 0) is 30.2 Å². The van der Waals surface area contributed by atoms with Crippen LogP contribution in [0.15, 0.2) is 55.1 Å². The van der Waals surface area contributed by atoms with Crippen LogP contribution < -0.4 is 5.32 Å². The zero-order chi connectivity index (χ0) is 16.2. The number of anilines is 1. The molecule has 0 unspecified atom stereocenters. The molecule has 0 spiro atoms. The number of nitrogens with one attached hydrogen (secondary N) is 2. The maximum absolute atomic E-state index is 12.7. The smallest absolute Gasteiger partial charge is 0.247 e. The molecule has 1 atom stereocenters. The number of H-pyrrole nitrogens is 1. The molecule has 0 aliphatic rings. The quantitative estimate of drug-likeness (QED) is 0.760. The molecule has 0 radical (unpaired) electrons. The Balaban J connectivity index is 1.81. The fourth-order valence-corrected chi connectivity index (χ4v) is 2.62. The lowest BCUT2D eigenvalue weighted by Gasteiger charge is -2.22. The van der Waals surface area contributed by atoms with Crippen LogP contribution in [0, 0.1) is 5.92 Å². The molecule has 1 amide bonds. The van der Waals surface area contributed by atoms with Gasteiger partial charge in [0.25, 0.3) is 0 Å². The van der Waals surface area contributed by atoms with Gasteiger partial charge in [0.15, 0.2) is 5.82 Å². The summed E-state index contributed by atoms with van der Waals surface area (Å²) in [7, 11) is 0. The molecule has 6 nitrogen and oxygen atoms in total. The van der Waals surface area contributed by atoms with Crippen molar-refractivity contribution in [1.29, 1.82) is 0 Å². The zero-order valence-corrected chi connectivity index (χ0v) is 13.1. The minimum Gasteiger partial charge on any atom is -0.342 e. The summed E-state index contributed by atoms with van der Waals surface area (Å²) in [6.45, 7) is 4.07. The molecular weight excluding hydrogens is 290 g/mol. The van der Waals surface area contributed by atoms with Crippen molar-refractivity contribution in [2.75, 3.05) is 5.32 Å². The Morgan fingerprint density at radius 3 is 2.65 bits per heavy atom. The number of hydrogen-bond acceptors (Lipinski definition) is 3. The molecule has 23 heavy (non-hydrogen) atoms. The van der Waals surface area contributed by atoms with Crippen LogP contribution >= 0.6 is 0 Å². The lowest BCUT2D eigenvalue weighted by Crippen LogP contribution is -2.29. The van der Waals surface area contributed by atoms with Crippen LogP contribution in [0.5, 0.6) is 0 Å². The van der Waals surface area contributed by atoms with Gasteiger partial charge >= 0.3 is 0 Å². The number of carbonyl (C=O) groups is 1. The topological polar surface area (TPSA) is 75.6 Å². The molecule has 0 aliphatic heterocycles. The van der Waals surface area contributed by atoms with Crippen LogP contribution in [-0.4, -0.2) is 25.7 Å². The number of rotatable bonds is 5. The van der Waals surface area contributed by atoms with Gasteiger partial charge in [-0.3, -0.25) is 9.89 Å². The maximum atomic E-state index is 12.7. The van der Waals surface area contributed by atoms with Crippen molar-refractivity contribution in [2.24, 2.45) is 5.92 Å². The molecule has 118 valence electrons. The van der Waals surface area contributed by atoms with E-state index in [-0.39, 0.29) is 17.9 Å². The van der Waals surface area contributed by atoms with Crippen molar-refractivity contribution < 1.29 is 4.79 Å². The highest BCUT2D eigenvalue weighted by Gasteiger charge is 2.23. The predicted molar refractivity (Wildman–Crippen MR) is 88.8 cm³/mol. The Hall–Kier alpha value is -2.89. The van der Waals surface area contributed by atoms with Crippen molar-refractivity contribution in [3.8, 4) is 11.4 Å². The number of hydrogen-bond donors (Lipinski definition) is 2. The first-order chi connectivity index (χ1) is 11.1. The van der Waals surface area contributed by atoms with Gasteiger partial charge in [-0.1, -0.05) is 26.0 Å². The summed E-state index contributed by atoms with van der Waals surface area (Å²) in [5.41, 5.74) is 1.61. The lowest BCUT2D eigenvalue weighted by atomic mass is 10.0. The summed E-state index contributed by atoms with van der Waals surface area (Å²) in [5.74, 6) is 0.817. The Kier molecular flexibility index (Phi) is 4.23. The SMILES string of the molecule is CC(C)[C@H](C(=O)Nc1cccc(-c2ncn[nH]2)c1)n1cccc1. The second-order valence-corrected chi connectivity index (χ2v) is 5.72. The van der Waals surface area contributed by atoms with E-state index in [1.807, 2.05) is 67.2 Å². The number of aromatic nitrogens is 4. The molecule has 6 heteroatoms. The fourth-order valence-electron chi connectivity index (χ4n) is 2.62. The van der Waals surface area contributed by atoms with Crippen molar-refractivity contribution >= 4 is 11.6 Å². The van der Waals surface area contributed by atoms with E-state index in [1.165, 1.54) is 6.33 Å². The molecule has 0 fully saturated rings. The molecule has 0 saturated heterocycles. The maximum Gasteiger partial charge on any atom is 0.247 e. The molecule has 1 aromatic carbocycles. The zero-order valence-electron chi connectivity index (χ0n) is 13.1. The van der Waals surface area contributed by atoms with Gasteiger partial charge in [-0.2, -0.15) is 5.10 Å². The van der Waals surface area contributed by atoms with Crippen LogP contribution in [0.2, 0.25) is 0 Å². The monoisotopic (exact) mass is 309 g/mol. The second-order valence-electron chi connectivity index (χ2n) is 5.72. The van der Waals surface area contributed by atoms with Gasteiger partial charge in [0.05, 0.1) is 0 Å². The number of nitrogens with zero attached hydrogens (tertiary/aromatic N) is 3. The van der Waals surface area contributed by atoms with Gasteiger partial charge in [0.2, 0.25) is 5.91 Å². The lowest BCUT2D eigenvalue weighted by molar-refractivity contribution is -0.120. The first kappa shape index (κ1) is 15.0. The third-order valence-corrected chi connectivity index (χ3v) is 3.67. The minimum absolute atomic E-state index is 0.0362. The summed E-state index contributed by atoms with van der Waals surface area (Å²) in [6, 6.07) is 11.1. The van der Waals surface area contributed by atoms with Crippen molar-refractivity contribution in [3.05, 3.63) is 55.1 Å². The molecule has 3 rings (SSSR count). The van der Waals surface area contributed by atoms with Crippen molar-refractivity contribution in [2.45, 2.75) is 19.9 Å². The molecule has 0 saturated carbocycles. The minimum atomic E-state index is -0.251. The molecule has 3 aromatic rings. The van der Waals surface area contributed by atoms with Crippen molar-refractivity contribution in [1.82, 2.24) is 19.7 Å². The fraction of sp³-hybridized carbons (Fsp3) is 0.235. The number of aromatic amines is 1. The Bertz CT molecular complexity index is 762. The average Bonchev–Trinajstić information content (AvgIpc) is 3.21. The average molecular weight is 309 g/mol. The molecule has 2 heterocycles. The third-order valence-electron chi connectivity index (χ3n) is 3.67. The van der Waals surface area contributed by atoms with Gasteiger partial charge < -0.3 is 9.88 Å². The van der Waals surface area contributed by atoms with Crippen LogP contribution in [0.1, 0.15) is 19.9 Å². The van der Waals surface area contributed by atoms with E-state index in [4.69, 9.17) is 0 Å². The number of amides is 1. The Labute approximate surface area is 134 Å². The predicted octanol–water partition coefficient (Wildman–Crippen LogP) is 3.11. The van der Waals surface area contributed by atoms with Crippen LogP contribution in [0.25, 0.3) is 11.4 Å². The van der Waals surface area contributed by atoms with Gasteiger partial charge in [-0.15, -0.1) is 0 Å². The van der Waals surface area contributed by atoms with E-state index in [0.29, 0.717) is 5.82 Å². The Morgan fingerprint density at radius 2 is 2.00 bits per heavy atom. The van der Waals surface area contributed by atoms with Crippen LogP contribution in [-0.2, 0) is 4.79 Å². The summed E-state index contributed by atoms with van der Waals surface area (Å²) in [6.07, 6.45) is 5.28. The largest absolute Gasteiger partial charge is 0.342 e. The molecule has 0 aliphatic carbocycles. The van der Waals surface area contributed by atoms with E-state index in [9.17, 15) is 4.79 Å². The van der Waals surface area contributed by atoms with E-state index >= 15 is 0 Å². The first-order valence-electron chi connectivity index (χ1n) is 7.54. The third kappa shape index (κ3) is 3.31. The standard InChI is InChI=1S/C17H19N5O/c1-12(2)15(22-8-3-4-9-22)17(23)20-14-7-5-6-13(10-14)16-18-11-19-21-16/h3-12,15H,1-2H3,(H,20,23)(H,18,19,21)/t15-/m1/s1.